The predicted molar refractivity (Wildman–Crippen MR) is 96.5 cm³/mol. The third-order valence-electron chi connectivity index (χ3n) is 3.72. The number of ether oxygens (including phenoxy) is 1. The summed E-state index contributed by atoms with van der Waals surface area (Å²) in [5, 5.41) is 1.79. The molecule has 26 heavy (non-hydrogen) atoms. The standard InChI is InChI=1S/C18H18FN3O3S/c1-2-25-17(24)12-21(10-13-3-5-14(19)6-4-13)11-15-9-16(23)22-7-8-26-18(22)20-15/h3-9H,2,10-12H2,1H3. The molecule has 8 heteroatoms. The first-order valence-corrected chi connectivity index (χ1v) is 9.01. The van der Waals surface area contributed by atoms with Gasteiger partial charge in [0.2, 0.25) is 0 Å². The first kappa shape index (κ1) is 18.2. The van der Waals surface area contributed by atoms with E-state index in [-0.39, 0.29) is 23.9 Å². The van der Waals surface area contributed by atoms with E-state index in [9.17, 15) is 14.0 Å². The minimum Gasteiger partial charge on any atom is -0.465 e. The van der Waals surface area contributed by atoms with Crippen molar-refractivity contribution >= 4 is 22.3 Å². The number of rotatable bonds is 7. The van der Waals surface area contributed by atoms with Crippen LogP contribution in [0.25, 0.3) is 4.96 Å². The van der Waals surface area contributed by atoms with E-state index in [1.807, 2.05) is 4.90 Å². The molecule has 0 radical (unpaired) electrons. The zero-order valence-corrected chi connectivity index (χ0v) is 15.0. The lowest BCUT2D eigenvalue weighted by Gasteiger charge is -2.21. The van der Waals surface area contributed by atoms with Gasteiger partial charge < -0.3 is 4.74 Å². The summed E-state index contributed by atoms with van der Waals surface area (Å²) in [4.78, 5) is 30.9. The highest BCUT2D eigenvalue weighted by Gasteiger charge is 2.15. The summed E-state index contributed by atoms with van der Waals surface area (Å²) < 4.78 is 19.6. The van der Waals surface area contributed by atoms with E-state index in [1.54, 1.807) is 30.6 Å². The molecule has 2 aromatic heterocycles. The molecule has 6 nitrogen and oxygen atoms in total. The van der Waals surface area contributed by atoms with Crippen molar-refractivity contribution in [3.63, 3.8) is 0 Å². The van der Waals surface area contributed by atoms with Crippen LogP contribution in [0.5, 0.6) is 0 Å². The highest BCUT2D eigenvalue weighted by molar-refractivity contribution is 7.15. The summed E-state index contributed by atoms with van der Waals surface area (Å²) in [6, 6.07) is 7.54. The number of halogens is 1. The Balaban J connectivity index is 1.82. The Kier molecular flexibility index (Phi) is 5.75. The first-order chi connectivity index (χ1) is 12.5. The average Bonchev–Trinajstić information content (AvgIpc) is 3.06. The second-order valence-electron chi connectivity index (χ2n) is 5.72. The Morgan fingerprint density at radius 3 is 2.81 bits per heavy atom. The molecule has 0 bridgehead atoms. The Morgan fingerprint density at radius 2 is 2.08 bits per heavy atom. The first-order valence-electron chi connectivity index (χ1n) is 8.13. The summed E-state index contributed by atoms with van der Waals surface area (Å²) >= 11 is 1.37. The van der Waals surface area contributed by atoms with E-state index in [2.05, 4.69) is 4.98 Å². The van der Waals surface area contributed by atoms with Gasteiger partial charge in [-0.05, 0) is 24.6 Å². The molecule has 0 atom stereocenters. The fourth-order valence-electron chi connectivity index (χ4n) is 2.60. The molecule has 0 aliphatic heterocycles. The Morgan fingerprint density at radius 1 is 1.31 bits per heavy atom. The summed E-state index contributed by atoms with van der Waals surface area (Å²) in [5.41, 5.74) is 1.26. The molecule has 0 saturated heterocycles. The Hall–Kier alpha value is -2.58. The van der Waals surface area contributed by atoms with Gasteiger partial charge in [0.05, 0.1) is 18.8 Å². The van der Waals surface area contributed by atoms with Crippen LogP contribution in [0.15, 0.2) is 46.7 Å². The van der Waals surface area contributed by atoms with Crippen LogP contribution in [0.4, 0.5) is 4.39 Å². The molecule has 0 aliphatic rings. The van der Waals surface area contributed by atoms with Crippen LogP contribution in [0.1, 0.15) is 18.2 Å². The van der Waals surface area contributed by atoms with E-state index in [0.717, 1.165) is 5.56 Å². The molecule has 3 rings (SSSR count). The quantitative estimate of drug-likeness (QED) is 0.594. The lowest BCUT2D eigenvalue weighted by Crippen LogP contribution is -2.31. The summed E-state index contributed by atoms with van der Waals surface area (Å²) in [5.74, 6) is -0.674. The molecule has 1 aromatic carbocycles. The van der Waals surface area contributed by atoms with Gasteiger partial charge in [0.1, 0.15) is 5.82 Å². The SMILES string of the molecule is CCOC(=O)CN(Cc1ccc(F)cc1)Cc1cc(=O)n2ccsc2n1. The molecule has 0 unspecified atom stereocenters. The van der Waals surface area contributed by atoms with Crippen LogP contribution >= 0.6 is 11.3 Å². The third kappa shape index (κ3) is 4.53. The second-order valence-corrected chi connectivity index (χ2v) is 6.59. The van der Waals surface area contributed by atoms with Gasteiger partial charge in [-0.25, -0.2) is 9.37 Å². The van der Waals surface area contributed by atoms with E-state index >= 15 is 0 Å². The Bertz CT molecular complexity index is 952. The fourth-order valence-corrected chi connectivity index (χ4v) is 3.34. The van der Waals surface area contributed by atoms with Crippen molar-refractivity contribution in [2.75, 3.05) is 13.2 Å². The molecule has 2 heterocycles. The fraction of sp³-hybridized carbons (Fsp3) is 0.278. The molecule has 0 spiro atoms. The zero-order chi connectivity index (χ0) is 18.5. The van der Waals surface area contributed by atoms with Gasteiger partial charge in [-0.1, -0.05) is 12.1 Å². The van der Waals surface area contributed by atoms with Crippen LogP contribution in [-0.2, 0) is 22.6 Å². The van der Waals surface area contributed by atoms with Crippen molar-refractivity contribution < 1.29 is 13.9 Å². The molecule has 0 N–H and O–H groups in total. The maximum atomic E-state index is 13.1. The second kappa shape index (κ2) is 8.20. The van der Waals surface area contributed by atoms with Gasteiger partial charge in [0.15, 0.2) is 4.96 Å². The van der Waals surface area contributed by atoms with Crippen molar-refractivity contribution in [3.05, 3.63) is 69.3 Å². The molecule has 0 aliphatic carbocycles. The number of nitrogens with zero attached hydrogens (tertiary/aromatic N) is 3. The third-order valence-corrected chi connectivity index (χ3v) is 4.48. The largest absolute Gasteiger partial charge is 0.465 e. The van der Waals surface area contributed by atoms with Gasteiger partial charge in [0, 0.05) is 30.7 Å². The maximum Gasteiger partial charge on any atom is 0.320 e. The number of hydrogen-bond acceptors (Lipinski definition) is 6. The van der Waals surface area contributed by atoms with Gasteiger partial charge in [-0.2, -0.15) is 0 Å². The number of fused-ring (bicyclic) bond motifs is 1. The smallest absolute Gasteiger partial charge is 0.320 e. The van der Waals surface area contributed by atoms with Crippen LogP contribution in [-0.4, -0.2) is 33.4 Å². The average molecular weight is 375 g/mol. The highest BCUT2D eigenvalue weighted by atomic mass is 32.1. The van der Waals surface area contributed by atoms with E-state index in [0.29, 0.717) is 30.4 Å². The monoisotopic (exact) mass is 375 g/mol. The normalized spacial score (nSPS) is 11.2. The van der Waals surface area contributed by atoms with Crippen molar-refractivity contribution in [3.8, 4) is 0 Å². The summed E-state index contributed by atoms with van der Waals surface area (Å²) in [6.45, 7) is 2.81. The number of hydrogen-bond donors (Lipinski definition) is 0. The molecular weight excluding hydrogens is 357 g/mol. The van der Waals surface area contributed by atoms with Crippen molar-refractivity contribution in [1.82, 2.24) is 14.3 Å². The summed E-state index contributed by atoms with van der Waals surface area (Å²) in [6.07, 6.45) is 1.67. The molecular formula is C18H18FN3O3S. The van der Waals surface area contributed by atoms with Gasteiger partial charge in [-0.3, -0.25) is 18.9 Å². The minimum atomic E-state index is -0.358. The van der Waals surface area contributed by atoms with E-state index in [4.69, 9.17) is 4.74 Å². The number of carbonyl (C=O) groups is 1. The van der Waals surface area contributed by atoms with Gasteiger partial charge in [0.25, 0.3) is 5.56 Å². The topological polar surface area (TPSA) is 63.9 Å². The van der Waals surface area contributed by atoms with Crippen LogP contribution in [0, 0.1) is 5.82 Å². The lowest BCUT2D eigenvalue weighted by molar-refractivity contribution is -0.144. The number of aromatic nitrogens is 2. The van der Waals surface area contributed by atoms with E-state index in [1.165, 1.54) is 33.9 Å². The number of thiazole rings is 1. The molecule has 3 aromatic rings. The predicted octanol–water partition coefficient (Wildman–Crippen LogP) is 2.46. The molecule has 0 fully saturated rings. The van der Waals surface area contributed by atoms with E-state index < -0.39 is 0 Å². The van der Waals surface area contributed by atoms with Crippen molar-refractivity contribution in [2.45, 2.75) is 20.0 Å². The number of benzene rings is 1. The molecule has 0 saturated carbocycles. The number of carbonyl (C=O) groups excluding carboxylic acids is 1. The minimum absolute atomic E-state index is 0.0523. The van der Waals surface area contributed by atoms with Crippen molar-refractivity contribution in [1.29, 1.82) is 0 Å². The molecule has 136 valence electrons. The van der Waals surface area contributed by atoms with Crippen LogP contribution in [0.3, 0.4) is 0 Å². The maximum absolute atomic E-state index is 13.1. The molecule has 0 amide bonds. The Labute approximate surface area is 153 Å². The number of esters is 1. The highest BCUT2D eigenvalue weighted by Crippen LogP contribution is 2.12. The summed E-state index contributed by atoms with van der Waals surface area (Å²) in [7, 11) is 0. The van der Waals surface area contributed by atoms with Crippen LogP contribution in [0.2, 0.25) is 0 Å². The van der Waals surface area contributed by atoms with Crippen LogP contribution < -0.4 is 5.56 Å². The van der Waals surface area contributed by atoms with Crippen molar-refractivity contribution in [2.24, 2.45) is 0 Å². The lowest BCUT2D eigenvalue weighted by atomic mass is 10.2. The zero-order valence-electron chi connectivity index (χ0n) is 14.2. The van der Waals surface area contributed by atoms with Gasteiger partial charge in [-0.15, -0.1) is 11.3 Å². The van der Waals surface area contributed by atoms with Gasteiger partial charge >= 0.3 is 5.97 Å².